The molecular weight excluding hydrogens is 158 g/mol. The van der Waals surface area contributed by atoms with Crippen molar-refractivity contribution in [1.29, 1.82) is 5.26 Å². The molecule has 0 aliphatic rings. The molecule has 12 heavy (non-hydrogen) atoms. The van der Waals surface area contributed by atoms with E-state index in [0.717, 1.165) is 6.08 Å². The number of carbonyl (C=O) groups is 2. The lowest BCUT2D eigenvalue weighted by molar-refractivity contribution is -0.119. The fourth-order valence-corrected chi connectivity index (χ4v) is 0.585. The molecule has 2 amide bonds. The van der Waals surface area contributed by atoms with E-state index in [2.05, 4.69) is 5.32 Å². The number of nitrogens with zero attached hydrogens (tertiary/aromatic N) is 1. The minimum atomic E-state index is -0.634. The van der Waals surface area contributed by atoms with Crippen molar-refractivity contribution in [3.05, 3.63) is 11.8 Å². The van der Waals surface area contributed by atoms with Gasteiger partial charge in [0.05, 0.1) is 6.07 Å². The second-order valence-electron chi connectivity index (χ2n) is 2.11. The first-order valence-electron chi connectivity index (χ1n) is 3.20. The number of primary amides is 1. The average Bonchev–Trinajstić information content (AvgIpc) is 1.84. The number of nitriles is 1. The molecule has 0 spiro atoms. The van der Waals surface area contributed by atoms with Crippen LogP contribution in [0.3, 0.4) is 0 Å². The third-order valence-electron chi connectivity index (χ3n) is 0.935. The number of rotatable bonds is 3. The van der Waals surface area contributed by atoms with Gasteiger partial charge in [0.2, 0.25) is 11.8 Å². The predicted molar refractivity (Wildman–Crippen MR) is 41.3 cm³/mol. The summed E-state index contributed by atoms with van der Waals surface area (Å²) in [6, 6.07) is 1.67. The molecule has 0 aromatic carbocycles. The SMILES string of the molecule is C/C(=C\C(N)=O)NC(=O)CC#N. The second-order valence-corrected chi connectivity index (χ2v) is 2.11. The van der Waals surface area contributed by atoms with Crippen LogP contribution in [0.1, 0.15) is 13.3 Å². The summed E-state index contributed by atoms with van der Waals surface area (Å²) in [4.78, 5) is 21.0. The van der Waals surface area contributed by atoms with E-state index in [1.54, 1.807) is 6.07 Å². The Morgan fingerprint density at radius 3 is 2.67 bits per heavy atom. The third-order valence-corrected chi connectivity index (χ3v) is 0.935. The molecule has 0 aromatic heterocycles. The lowest BCUT2D eigenvalue weighted by Gasteiger charge is -1.99. The van der Waals surface area contributed by atoms with Crippen molar-refractivity contribution in [2.24, 2.45) is 5.73 Å². The maximum Gasteiger partial charge on any atom is 0.243 e. The topological polar surface area (TPSA) is 96.0 Å². The van der Waals surface area contributed by atoms with Crippen LogP contribution in [0.2, 0.25) is 0 Å². The summed E-state index contributed by atoms with van der Waals surface area (Å²) in [7, 11) is 0. The van der Waals surface area contributed by atoms with Crippen molar-refractivity contribution in [2.45, 2.75) is 13.3 Å². The standard InChI is InChI=1S/C7H9N3O2/c1-5(4-6(9)11)10-7(12)2-3-8/h4H,2H2,1H3,(H2,9,11)(H,10,12)/b5-4+. The molecule has 0 saturated heterocycles. The third kappa shape index (κ3) is 4.99. The van der Waals surface area contributed by atoms with Crippen LogP contribution in [0.5, 0.6) is 0 Å². The van der Waals surface area contributed by atoms with Crippen LogP contribution in [0.15, 0.2) is 11.8 Å². The van der Waals surface area contributed by atoms with Crippen LogP contribution >= 0.6 is 0 Å². The van der Waals surface area contributed by atoms with Gasteiger partial charge in [-0.2, -0.15) is 5.26 Å². The van der Waals surface area contributed by atoms with Gasteiger partial charge in [0, 0.05) is 11.8 Å². The highest BCUT2D eigenvalue weighted by Gasteiger charge is 1.99. The Labute approximate surface area is 69.8 Å². The van der Waals surface area contributed by atoms with Gasteiger partial charge in [0.15, 0.2) is 0 Å². The van der Waals surface area contributed by atoms with Gasteiger partial charge < -0.3 is 11.1 Å². The number of amides is 2. The Morgan fingerprint density at radius 2 is 2.25 bits per heavy atom. The van der Waals surface area contributed by atoms with Crippen molar-refractivity contribution in [3.8, 4) is 6.07 Å². The van der Waals surface area contributed by atoms with Crippen LogP contribution < -0.4 is 11.1 Å². The van der Waals surface area contributed by atoms with Gasteiger partial charge in [-0.1, -0.05) is 0 Å². The van der Waals surface area contributed by atoms with E-state index in [0.29, 0.717) is 5.70 Å². The fourth-order valence-electron chi connectivity index (χ4n) is 0.585. The number of hydrogen-bond acceptors (Lipinski definition) is 3. The van der Waals surface area contributed by atoms with Crippen molar-refractivity contribution in [1.82, 2.24) is 5.32 Å². The summed E-state index contributed by atoms with van der Waals surface area (Å²) in [6.45, 7) is 1.51. The molecule has 0 aliphatic carbocycles. The zero-order valence-electron chi connectivity index (χ0n) is 6.63. The molecule has 0 aromatic rings. The minimum absolute atomic E-state index is 0.232. The smallest absolute Gasteiger partial charge is 0.243 e. The second kappa shape index (κ2) is 4.91. The van der Waals surface area contributed by atoms with Crippen molar-refractivity contribution < 1.29 is 9.59 Å². The molecule has 0 fully saturated rings. The van der Waals surface area contributed by atoms with E-state index in [9.17, 15) is 9.59 Å². The van der Waals surface area contributed by atoms with E-state index in [-0.39, 0.29) is 6.42 Å². The van der Waals surface area contributed by atoms with Gasteiger partial charge in [-0.3, -0.25) is 9.59 Å². The maximum absolute atomic E-state index is 10.7. The lowest BCUT2D eigenvalue weighted by atomic mass is 10.3. The molecule has 0 aliphatic heterocycles. The van der Waals surface area contributed by atoms with E-state index in [1.165, 1.54) is 6.92 Å². The molecule has 0 rings (SSSR count). The molecule has 0 radical (unpaired) electrons. The molecule has 3 N–H and O–H groups in total. The molecule has 0 heterocycles. The number of hydrogen-bond donors (Lipinski definition) is 2. The summed E-state index contributed by atoms with van der Waals surface area (Å²) in [5.41, 5.74) is 5.15. The van der Waals surface area contributed by atoms with Crippen molar-refractivity contribution in [3.63, 3.8) is 0 Å². The van der Waals surface area contributed by atoms with Gasteiger partial charge >= 0.3 is 0 Å². The Kier molecular flexibility index (Phi) is 4.16. The van der Waals surface area contributed by atoms with Gasteiger partial charge in [0.25, 0.3) is 0 Å². The number of nitrogens with one attached hydrogen (secondary N) is 1. The fraction of sp³-hybridized carbons (Fsp3) is 0.286. The summed E-state index contributed by atoms with van der Waals surface area (Å²) in [5, 5.41) is 10.4. The highest BCUT2D eigenvalue weighted by atomic mass is 16.2. The van der Waals surface area contributed by atoms with Gasteiger partial charge in [-0.05, 0) is 6.92 Å². The first kappa shape index (κ1) is 10.2. The van der Waals surface area contributed by atoms with E-state index in [4.69, 9.17) is 11.0 Å². The van der Waals surface area contributed by atoms with Gasteiger partial charge in [-0.15, -0.1) is 0 Å². The summed E-state index contributed by atoms with van der Waals surface area (Å²) >= 11 is 0. The molecule has 5 heteroatoms. The first-order valence-corrected chi connectivity index (χ1v) is 3.20. The molecule has 0 unspecified atom stereocenters. The van der Waals surface area contributed by atoms with Crippen LogP contribution in [-0.2, 0) is 9.59 Å². The average molecular weight is 167 g/mol. The van der Waals surface area contributed by atoms with Crippen molar-refractivity contribution >= 4 is 11.8 Å². The van der Waals surface area contributed by atoms with Crippen LogP contribution in [0, 0.1) is 11.3 Å². The molecule has 5 nitrogen and oxygen atoms in total. The molecular formula is C7H9N3O2. The Bertz CT molecular complexity index is 262. The maximum atomic E-state index is 10.7. The summed E-state index contributed by atoms with van der Waals surface area (Å²) in [6.07, 6.45) is 0.846. The normalized spacial score (nSPS) is 10.2. The number of nitrogens with two attached hydrogens (primary N) is 1. The highest BCUT2D eigenvalue weighted by molar-refractivity contribution is 5.88. The summed E-state index contributed by atoms with van der Waals surface area (Å²) < 4.78 is 0. The molecule has 0 bridgehead atoms. The molecule has 0 atom stereocenters. The number of allylic oxidation sites excluding steroid dienone is 1. The Morgan fingerprint density at radius 1 is 1.67 bits per heavy atom. The monoisotopic (exact) mass is 167 g/mol. The predicted octanol–water partition coefficient (Wildman–Crippen LogP) is -0.595. The zero-order valence-corrected chi connectivity index (χ0v) is 6.63. The lowest BCUT2D eigenvalue weighted by Crippen LogP contribution is -2.22. The van der Waals surface area contributed by atoms with Crippen LogP contribution in [0.4, 0.5) is 0 Å². The minimum Gasteiger partial charge on any atom is -0.366 e. The number of carbonyl (C=O) groups excluding carboxylic acids is 2. The highest BCUT2D eigenvalue weighted by Crippen LogP contribution is 1.86. The van der Waals surface area contributed by atoms with Gasteiger partial charge in [0.1, 0.15) is 6.42 Å². The summed E-state index contributed by atoms with van der Waals surface area (Å²) in [5.74, 6) is -1.09. The van der Waals surface area contributed by atoms with E-state index in [1.807, 2.05) is 0 Å². The molecule has 64 valence electrons. The molecule has 0 saturated carbocycles. The first-order chi connectivity index (χ1) is 5.56. The van der Waals surface area contributed by atoms with Crippen LogP contribution in [0.25, 0.3) is 0 Å². The zero-order chi connectivity index (χ0) is 9.56. The Balaban J connectivity index is 4.02. The van der Waals surface area contributed by atoms with E-state index < -0.39 is 11.8 Å². The largest absolute Gasteiger partial charge is 0.366 e. The van der Waals surface area contributed by atoms with Crippen LogP contribution in [-0.4, -0.2) is 11.8 Å². The van der Waals surface area contributed by atoms with Gasteiger partial charge in [-0.25, -0.2) is 0 Å². The van der Waals surface area contributed by atoms with E-state index >= 15 is 0 Å². The quantitative estimate of drug-likeness (QED) is 0.549. The Hall–Kier alpha value is -1.83. The van der Waals surface area contributed by atoms with Crippen molar-refractivity contribution in [2.75, 3.05) is 0 Å².